The molecule has 1 atom stereocenters. The Labute approximate surface area is 95.2 Å². The highest BCUT2D eigenvalue weighted by Gasteiger charge is 2.25. The molecule has 1 aliphatic carbocycles. The van der Waals surface area contributed by atoms with Gasteiger partial charge in [0.05, 0.1) is 4.83 Å². The highest BCUT2D eigenvalue weighted by atomic mass is 79.9. The molecule has 0 saturated heterocycles. The molecule has 0 bridgehead atoms. The zero-order valence-electron chi connectivity index (χ0n) is 9.13. The van der Waals surface area contributed by atoms with Crippen LogP contribution in [0, 0.1) is 0 Å². The number of alkyl halides is 1. The van der Waals surface area contributed by atoms with Gasteiger partial charge in [-0.15, -0.1) is 0 Å². The summed E-state index contributed by atoms with van der Waals surface area (Å²) in [4.78, 5) is 13.8. The molecule has 1 aliphatic rings. The fourth-order valence-electron chi connectivity index (χ4n) is 2.04. The van der Waals surface area contributed by atoms with Gasteiger partial charge in [0.1, 0.15) is 0 Å². The van der Waals surface area contributed by atoms with Gasteiger partial charge in [-0.05, 0) is 19.3 Å². The number of hydrogen-bond acceptors (Lipinski definition) is 1. The van der Waals surface area contributed by atoms with Crippen molar-refractivity contribution in [3.8, 4) is 0 Å². The van der Waals surface area contributed by atoms with Gasteiger partial charge in [-0.1, -0.05) is 42.1 Å². The molecule has 0 spiro atoms. The van der Waals surface area contributed by atoms with Crippen LogP contribution in [0.15, 0.2) is 0 Å². The second-order valence-corrected chi connectivity index (χ2v) is 5.22. The Balaban J connectivity index is 2.45. The lowest BCUT2D eigenvalue weighted by atomic mass is 9.94. The van der Waals surface area contributed by atoms with Crippen molar-refractivity contribution in [3.63, 3.8) is 0 Å². The molecule has 1 fully saturated rings. The summed E-state index contributed by atoms with van der Waals surface area (Å²) in [7, 11) is 1.95. The lowest BCUT2D eigenvalue weighted by Gasteiger charge is -2.32. The Kier molecular flexibility index (Phi) is 4.93. The third kappa shape index (κ3) is 2.97. The molecule has 1 rings (SSSR count). The molecule has 2 nitrogen and oxygen atoms in total. The number of nitrogens with zero attached hydrogens (tertiary/aromatic N) is 1. The van der Waals surface area contributed by atoms with Gasteiger partial charge < -0.3 is 4.90 Å². The molecule has 0 aliphatic heterocycles. The molecule has 1 amide bonds. The molecule has 1 saturated carbocycles. The van der Waals surface area contributed by atoms with Crippen LogP contribution in [0.2, 0.25) is 0 Å². The van der Waals surface area contributed by atoms with Crippen LogP contribution >= 0.6 is 15.9 Å². The van der Waals surface area contributed by atoms with E-state index in [1.807, 2.05) is 18.9 Å². The first kappa shape index (κ1) is 12.0. The predicted molar refractivity (Wildman–Crippen MR) is 62.6 cm³/mol. The number of carbonyl (C=O) groups is 1. The summed E-state index contributed by atoms with van der Waals surface area (Å²) in [6.07, 6.45) is 7.14. The second-order valence-electron chi connectivity index (χ2n) is 4.12. The van der Waals surface area contributed by atoms with E-state index in [1.165, 1.54) is 32.1 Å². The first-order valence-electron chi connectivity index (χ1n) is 5.57. The van der Waals surface area contributed by atoms with Crippen LogP contribution in [0.3, 0.4) is 0 Å². The molecular formula is C11H20BrNO. The van der Waals surface area contributed by atoms with Crippen molar-refractivity contribution in [2.75, 3.05) is 7.05 Å². The average molecular weight is 262 g/mol. The van der Waals surface area contributed by atoms with E-state index in [2.05, 4.69) is 15.9 Å². The standard InChI is InChI=1S/C11H20BrNO/c1-3-10(12)11(14)13(2)9-7-5-4-6-8-9/h9-10H,3-8H2,1-2H3. The number of amides is 1. The first-order chi connectivity index (χ1) is 6.66. The van der Waals surface area contributed by atoms with E-state index in [0.717, 1.165) is 6.42 Å². The summed E-state index contributed by atoms with van der Waals surface area (Å²) < 4.78 is 0. The van der Waals surface area contributed by atoms with Crippen LogP contribution < -0.4 is 0 Å². The van der Waals surface area contributed by atoms with Gasteiger partial charge in [-0.3, -0.25) is 4.79 Å². The van der Waals surface area contributed by atoms with Crippen molar-refractivity contribution in [1.29, 1.82) is 0 Å². The van der Waals surface area contributed by atoms with Crippen molar-refractivity contribution < 1.29 is 4.79 Å². The molecule has 3 heteroatoms. The Morgan fingerprint density at radius 2 is 2.00 bits per heavy atom. The van der Waals surface area contributed by atoms with Crippen LogP contribution in [0.4, 0.5) is 0 Å². The molecule has 0 radical (unpaired) electrons. The number of rotatable bonds is 3. The van der Waals surface area contributed by atoms with E-state index in [0.29, 0.717) is 6.04 Å². The minimum Gasteiger partial charge on any atom is -0.342 e. The topological polar surface area (TPSA) is 20.3 Å². The molecule has 0 heterocycles. The third-order valence-corrected chi connectivity index (χ3v) is 4.14. The lowest BCUT2D eigenvalue weighted by molar-refractivity contribution is -0.131. The highest BCUT2D eigenvalue weighted by molar-refractivity contribution is 9.10. The van der Waals surface area contributed by atoms with E-state index in [9.17, 15) is 4.79 Å². The molecule has 1 unspecified atom stereocenters. The van der Waals surface area contributed by atoms with Crippen LogP contribution in [-0.4, -0.2) is 28.7 Å². The van der Waals surface area contributed by atoms with Gasteiger partial charge in [-0.25, -0.2) is 0 Å². The number of carbonyl (C=O) groups excluding carboxylic acids is 1. The van der Waals surface area contributed by atoms with E-state index in [-0.39, 0.29) is 10.7 Å². The second kappa shape index (κ2) is 5.74. The smallest absolute Gasteiger partial charge is 0.236 e. The Hall–Kier alpha value is -0.0500. The third-order valence-electron chi connectivity index (χ3n) is 3.10. The summed E-state index contributed by atoms with van der Waals surface area (Å²) in [5, 5.41) is 0. The van der Waals surface area contributed by atoms with Crippen LogP contribution in [0.1, 0.15) is 45.4 Å². The minimum absolute atomic E-state index is 0.00873. The van der Waals surface area contributed by atoms with Crippen molar-refractivity contribution >= 4 is 21.8 Å². The largest absolute Gasteiger partial charge is 0.342 e. The van der Waals surface area contributed by atoms with Crippen molar-refractivity contribution in [3.05, 3.63) is 0 Å². The fourth-order valence-corrected chi connectivity index (χ4v) is 2.37. The molecule has 0 aromatic carbocycles. The molecule has 14 heavy (non-hydrogen) atoms. The number of hydrogen-bond donors (Lipinski definition) is 0. The Morgan fingerprint density at radius 1 is 1.43 bits per heavy atom. The molecule has 0 N–H and O–H groups in total. The maximum absolute atomic E-state index is 11.9. The van der Waals surface area contributed by atoms with Gasteiger partial charge in [0, 0.05) is 13.1 Å². The van der Waals surface area contributed by atoms with Gasteiger partial charge in [0.2, 0.25) is 5.91 Å². The Morgan fingerprint density at radius 3 is 2.50 bits per heavy atom. The van der Waals surface area contributed by atoms with Gasteiger partial charge in [-0.2, -0.15) is 0 Å². The fraction of sp³-hybridized carbons (Fsp3) is 0.909. The molecule has 0 aromatic heterocycles. The van der Waals surface area contributed by atoms with Crippen molar-refractivity contribution in [2.24, 2.45) is 0 Å². The lowest BCUT2D eigenvalue weighted by Crippen LogP contribution is -2.41. The summed E-state index contributed by atoms with van der Waals surface area (Å²) in [6.45, 7) is 2.03. The average Bonchev–Trinajstić information content (AvgIpc) is 2.27. The normalized spacial score (nSPS) is 20.5. The zero-order chi connectivity index (χ0) is 10.6. The van der Waals surface area contributed by atoms with Crippen LogP contribution in [-0.2, 0) is 4.79 Å². The predicted octanol–water partition coefficient (Wildman–Crippen LogP) is 2.95. The zero-order valence-corrected chi connectivity index (χ0v) is 10.7. The quantitative estimate of drug-likeness (QED) is 0.716. The minimum atomic E-state index is 0.00873. The number of halogens is 1. The van der Waals surface area contributed by atoms with Gasteiger partial charge in [0.15, 0.2) is 0 Å². The molecule has 82 valence electrons. The summed E-state index contributed by atoms with van der Waals surface area (Å²) in [5.41, 5.74) is 0. The summed E-state index contributed by atoms with van der Waals surface area (Å²) in [5.74, 6) is 0.249. The van der Waals surface area contributed by atoms with Crippen molar-refractivity contribution in [2.45, 2.75) is 56.3 Å². The van der Waals surface area contributed by atoms with Gasteiger partial charge >= 0.3 is 0 Å². The monoisotopic (exact) mass is 261 g/mol. The molecule has 0 aromatic rings. The van der Waals surface area contributed by atoms with E-state index < -0.39 is 0 Å². The van der Waals surface area contributed by atoms with Gasteiger partial charge in [0.25, 0.3) is 0 Å². The van der Waals surface area contributed by atoms with E-state index >= 15 is 0 Å². The summed E-state index contributed by atoms with van der Waals surface area (Å²) in [6, 6.07) is 0.489. The first-order valence-corrected chi connectivity index (χ1v) is 6.49. The molecular weight excluding hydrogens is 242 g/mol. The maximum atomic E-state index is 11.9. The van der Waals surface area contributed by atoms with Crippen LogP contribution in [0.25, 0.3) is 0 Å². The van der Waals surface area contributed by atoms with E-state index in [1.54, 1.807) is 0 Å². The summed E-state index contributed by atoms with van der Waals surface area (Å²) >= 11 is 3.42. The van der Waals surface area contributed by atoms with E-state index in [4.69, 9.17) is 0 Å². The highest BCUT2D eigenvalue weighted by Crippen LogP contribution is 2.23. The maximum Gasteiger partial charge on any atom is 0.236 e. The Bertz CT molecular complexity index is 190. The van der Waals surface area contributed by atoms with Crippen LogP contribution in [0.5, 0.6) is 0 Å². The van der Waals surface area contributed by atoms with Crippen molar-refractivity contribution in [1.82, 2.24) is 4.90 Å². The SMILES string of the molecule is CCC(Br)C(=O)N(C)C1CCCCC1.